The number of nitrogens with zero attached hydrogens (tertiary/aromatic N) is 2. The maximum atomic E-state index is 12.5. The van der Waals surface area contributed by atoms with Crippen LogP contribution in [0.15, 0.2) is 18.3 Å². The number of alkyl halides is 2. The van der Waals surface area contributed by atoms with Crippen molar-refractivity contribution in [2.24, 2.45) is 0 Å². The number of halogens is 2. The summed E-state index contributed by atoms with van der Waals surface area (Å²) in [6.07, 6.45) is -1.03. The van der Waals surface area contributed by atoms with Gasteiger partial charge in [0.2, 0.25) is 0 Å². The quantitative estimate of drug-likeness (QED) is 0.872. The first-order chi connectivity index (χ1) is 9.61. The molecule has 1 N–H and O–H groups in total. The molecule has 7 heteroatoms. The van der Waals surface area contributed by atoms with Gasteiger partial charge < -0.3 is 19.5 Å². The number of amides is 1. The molecule has 2 rings (SSSR count). The van der Waals surface area contributed by atoms with Crippen molar-refractivity contribution in [1.82, 2.24) is 14.8 Å². The van der Waals surface area contributed by atoms with Crippen molar-refractivity contribution in [3.05, 3.63) is 24.0 Å². The SMILES string of the molecule is CNCC1CN(C(=O)c2cccn2CC(F)F)CCO1. The van der Waals surface area contributed by atoms with Crippen molar-refractivity contribution in [3.63, 3.8) is 0 Å². The fourth-order valence-electron chi connectivity index (χ4n) is 2.33. The number of hydrogen-bond donors (Lipinski definition) is 1. The third-order valence-electron chi connectivity index (χ3n) is 3.24. The molecule has 0 radical (unpaired) electrons. The molecule has 1 aliphatic rings. The molecule has 1 aromatic heterocycles. The molecule has 0 aromatic carbocycles. The molecule has 0 bridgehead atoms. The highest BCUT2D eigenvalue weighted by Crippen LogP contribution is 2.13. The smallest absolute Gasteiger partial charge is 0.270 e. The third kappa shape index (κ3) is 3.55. The minimum atomic E-state index is -2.48. The zero-order valence-corrected chi connectivity index (χ0v) is 11.4. The second-order valence-corrected chi connectivity index (χ2v) is 4.74. The lowest BCUT2D eigenvalue weighted by Gasteiger charge is -2.33. The molecular formula is C13H19F2N3O2. The molecule has 1 aromatic rings. The first-order valence-electron chi connectivity index (χ1n) is 6.60. The van der Waals surface area contributed by atoms with Crippen LogP contribution in [0.25, 0.3) is 0 Å². The van der Waals surface area contributed by atoms with E-state index in [0.29, 0.717) is 31.9 Å². The molecule has 1 fully saturated rings. The lowest BCUT2D eigenvalue weighted by molar-refractivity contribution is -0.0200. The predicted octanol–water partition coefficient (Wildman–Crippen LogP) is 0.814. The minimum absolute atomic E-state index is 0.0591. The van der Waals surface area contributed by atoms with Crippen LogP contribution in [0.3, 0.4) is 0 Å². The Labute approximate surface area is 116 Å². The van der Waals surface area contributed by atoms with Gasteiger partial charge in [0.15, 0.2) is 0 Å². The van der Waals surface area contributed by atoms with Gasteiger partial charge in [-0.1, -0.05) is 0 Å². The van der Waals surface area contributed by atoms with Crippen molar-refractivity contribution < 1.29 is 18.3 Å². The zero-order valence-electron chi connectivity index (χ0n) is 11.4. The second kappa shape index (κ2) is 6.81. The number of nitrogens with one attached hydrogen (secondary N) is 1. The standard InChI is InChI=1S/C13H19F2N3O2/c1-16-7-10-8-18(5-6-20-10)13(19)11-3-2-4-17(11)9-12(14)15/h2-4,10,12,16H,5-9H2,1H3. The molecule has 1 saturated heterocycles. The molecule has 1 amide bonds. The number of morpholine rings is 1. The average Bonchev–Trinajstić information content (AvgIpc) is 2.86. The Morgan fingerprint density at radius 2 is 2.40 bits per heavy atom. The monoisotopic (exact) mass is 287 g/mol. The number of hydrogen-bond acceptors (Lipinski definition) is 3. The number of likely N-dealkylation sites (N-methyl/N-ethyl adjacent to an activating group) is 1. The summed E-state index contributed by atoms with van der Waals surface area (Å²) >= 11 is 0. The van der Waals surface area contributed by atoms with Crippen LogP contribution in [0.4, 0.5) is 8.78 Å². The van der Waals surface area contributed by atoms with Crippen molar-refractivity contribution >= 4 is 5.91 Å². The molecule has 1 aliphatic heterocycles. The summed E-state index contributed by atoms with van der Waals surface area (Å²) in [5.41, 5.74) is 0.301. The maximum Gasteiger partial charge on any atom is 0.270 e. The van der Waals surface area contributed by atoms with Gasteiger partial charge in [-0.05, 0) is 19.2 Å². The topological polar surface area (TPSA) is 46.5 Å². The Hall–Kier alpha value is -1.47. The molecule has 2 heterocycles. The first kappa shape index (κ1) is 14.9. The van der Waals surface area contributed by atoms with Crippen LogP contribution in [0.1, 0.15) is 10.5 Å². The lowest BCUT2D eigenvalue weighted by atomic mass is 10.2. The van der Waals surface area contributed by atoms with Gasteiger partial charge in [-0.15, -0.1) is 0 Å². The van der Waals surface area contributed by atoms with E-state index in [-0.39, 0.29) is 12.0 Å². The lowest BCUT2D eigenvalue weighted by Crippen LogP contribution is -2.49. The molecule has 0 spiro atoms. The highest BCUT2D eigenvalue weighted by molar-refractivity contribution is 5.92. The van der Waals surface area contributed by atoms with Crippen molar-refractivity contribution in [2.45, 2.75) is 19.1 Å². The van der Waals surface area contributed by atoms with Crippen molar-refractivity contribution in [1.29, 1.82) is 0 Å². The molecule has 0 aliphatic carbocycles. The number of aromatic nitrogens is 1. The molecule has 112 valence electrons. The van der Waals surface area contributed by atoms with Gasteiger partial charge in [0.1, 0.15) is 5.69 Å². The van der Waals surface area contributed by atoms with E-state index < -0.39 is 13.0 Å². The molecule has 0 saturated carbocycles. The maximum absolute atomic E-state index is 12.5. The van der Waals surface area contributed by atoms with Gasteiger partial charge in [-0.3, -0.25) is 4.79 Å². The second-order valence-electron chi connectivity index (χ2n) is 4.74. The summed E-state index contributed by atoms with van der Waals surface area (Å²) in [5.74, 6) is -0.222. The van der Waals surface area contributed by atoms with E-state index in [9.17, 15) is 13.6 Å². The summed E-state index contributed by atoms with van der Waals surface area (Å²) in [5, 5.41) is 3.00. The molecule has 1 unspecified atom stereocenters. The largest absolute Gasteiger partial charge is 0.373 e. The van der Waals surface area contributed by atoms with Crippen LogP contribution in [0.5, 0.6) is 0 Å². The highest BCUT2D eigenvalue weighted by Gasteiger charge is 2.26. The molecule has 1 atom stereocenters. The number of rotatable bonds is 5. The Balaban J connectivity index is 2.05. The number of carbonyl (C=O) groups is 1. The third-order valence-corrected chi connectivity index (χ3v) is 3.24. The van der Waals surface area contributed by atoms with Gasteiger partial charge in [0.25, 0.3) is 12.3 Å². The zero-order chi connectivity index (χ0) is 14.5. The van der Waals surface area contributed by atoms with Gasteiger partial charge in [0.05, 0.1) is 19.3 Å². The summed E-state index contributed by atoms with van der Waals surface area (Å²) in [7, 11) is 1.82. The van der Waals surface area contributed by atoms with E-state index in [2.05, 4.69) is 5.32 Å². The van der Waals surface area contributed by atoms with Crippen LogP contribution in [0, 0.1) is 0 Å². The molecule has 5 nitrogen and oxygen atoms in total. The highest BCUT2D eigenvalue weighted by atomic mass is 19.3. The average molecular weight is 287 g/mol. The Morgan fingerprint density at radius 1 is 1.60 bits per heavy atom. The summed E-state index contributed by atoms with van der Waals surface area (Å²) in [6, 6.07) is 3.19. The Bertz CT molecular complexity index is 449. The normalized spacial score (nSPS) is 19.6. The summed E-state index contributed by atoms with van der Waals surface area (Å²) in [4.78, 5) is 14.1. The number of ether oxygens (including phenoxy) is 1. The summed E-state index contributed by atoms with van der Waals surface area (Å²) in [6.45, 7) is 1.62. The van der Waals surface area contributed by atoms with Crippen molar-refractivity contribution in [2.75, 3.05) is 33.3 Å². The first-order valence-corrected chi connectivity index (χ1v) is 6.60. The summed E-state index contributed by atoms with van der Waals surface area (Å²) < 4.78 is 31.8. The predicted molar refractivity (Wildman–Crippen MR) is 70.0 cm³/mol. The Kier molecular flexibility index (Phi) is 5.08. The van der Waals surface area contributed by atoms with Crippen LogP contribution in [0.2, 0.25) is 0 Å². The van der Waals surface area contributed by atoms with E-state index in [4.69, 9.17) is 4.74 Å². The van der Waals surface area contributed by atoms with E-state index in [1.54, 1.807) is 17.0 Å². The molecule has 20 heavy (non-hydrogen) atoms. The number of carbonyl (C=O) groups excluding carboxylic acids is 1. The Morgan fingerprint density at radius 3 is 3.10 bits per heavy atom. The molecular weight excluding hydrogens is 268 g/mol. The van der Waals surface area contributed by atoms with E-state index in [1.807, 2.05) is 7.05 Å². The van der Waals surface area contributed by atoms with E-state index >= 15 is 0 Å². The van der Waals surface area contributed by atoms with Crippen LogP contribution >= 0.6 is 0 Å². The van der Waals surface area contributed by atoms with Gasteiger partial charge in [-0.2, -0.15) is 0 Å². The fourth-order valence-corrected chi connectivity index (χ4v) is 2.33. The van der Waals surface area contributed by atoms with Gasteiger partial charge in [-0.25, -0.2) is 8.78 Å². The minimum Gasteiger partial charge on any atom is -0.373 e. The van der Waals surface area contributed by atoms with E-state index in [0.717, 1.165) is 0 Å². The van der Waals surface area contributed by atoms with Gasteiger partial charge in [0, 0.05) is 25.8 Å². The van der Waals surface area contributed by atoms with Crippen LogP contribution in [-0.4, -0.2) is 61.2 Å². The van der Waals surface area contributed by atoms with Gasteiger partial charge >= 0.3 is 0 Å². The van der Waals surface area contributed by atoms with Crippen LogP contribution < -0.4 is 5.32 Å². The van der Waals surface area contributed by atoms with E-state index in [1.165, 1.54) is 10.8 Å². The van der Waals surface area contributed by atoms with Crippen molar-refractivity contribution in [3.8, 4) is 0 Å². The fraction of sp³-hybridized carbons (Fsp3) is 0.615. The van der Waals surface area contributed by atoms with Crippen LogP contribution in [-0.2, 0) is 11.3 Å².